The van der Waals surface area contributed by atoms with E-state index < -0.39 is 15.1 Å². The predicted molar refractivity (Wildman–Crippen MR) is 135 cm³/mol. The number of nitrogens with zero attached hydrogens (tertiary/aromatic N) is 1. The molecule has 1 fully saturated rings. The molecule has 3 rings (SSSR count). The standard InChI is InChI=1S/C26H34NO6Si/c1-15-22(17-11-12-18(29-5)21(26(2,3)4)23(17)33-34(9)10)27(25(15)28)16-13-19(30-6)24(32-8)20(14-16)31-7/h11-14,22H,1H2,2-10H3/t22-/m1/s1. The van der Waals surface area contributed by atoms with E-state index >= 15 is 0 Å². The number of benzene rings is 2. The van der Waals surface area contributed by atoms with E-state index in [0.717, 1.165) is 22.6 Å². The lowest BCUT2D eigenvalue weighted by molar-refractivity contribution is -0.119. The third kappa shape index (κ3) is 4.34. The molecule has 0 N–H and O–H groups in total. The van der Waals surface area contributed by atoms with Gasteiger partial charge in [0, 0.05) is 28.8 Å². The largest absolute Gasteiger partial charge is 0.542 e. The lowest BCUT2D eigenvalue weighted by Gasteiger charge is -2.44. The number of β-lactam (4-membered cyclic amide) rings is 1. The van der Waals surface area contributed by atoms with Gasteiger partial charge < -0.3 is 23.4 Å². The quantitative estimate of drug-likeness (QED) is 0.288. The number of hydrogen-bond donors (Lipinski definition) is 0. The van der Waals surface area contributed by atoms with Crippen molar-refractivity contribution in [1.82, 2.24) is 0 Å². The van der Waals surface area contributed by atoms with Crippen LogP contribution in [0.25, 0.3) is 0 Å². The molecule has 1 aliphatic rings. The summed E-state index contributed by atoms with van der Waals surface area (Å²) in [5.74, 6) is 2.74. The molecule has 0 bridgehead atoms. The van der Waals surface area contributed by atoms with Gasteiger partial charge in [-0.05, 0) is 30.6 Å². The fraction of sp³-hybridized carbons (Fsp3) is 0.423. The average Bonchev–Trinajstić information content (AvgIpc) is 2.79. The van der Waals surface area contributed by atoms with Crippen LogP contribution in [0.1, 0.15) is 37.9 Å². The van der Waals surface area contributed by atoms with Crippen molar-refractivity contribution in [3.05, 3.63) is 47.5 Å². The minimum absolute atomic E-state index is 0.170. The molecule has 2 aromatic carbocycles. The molecule has 1 saturated heterocycles. The van der Waals surface area contributed by atoms with Gasteiger partial charge in [-0.2, -0.15) is 0 Å². The Balaban J connectivity index is 2.24. The van der Waals surface area contributed by atoms with Gasteiger partial charge in [-0.1, -0.05) is 27.4 Å². The van der Waals surface area contributed by atoms with Gasteiger partial charge in [-0.25, -0.2) is 0 Å². The first-order chi connectivity index (χ1) is 16.0. The normalized spacial score (nSPS) is 15.8. The Morgan fingerprint density at radius 2 is 1.44 bits per heavy atom. The highest BCUT2D eigenvalue weighted by Gasteiger charge is 2.46. The van der Waals surface area contributed by atoms with Crippen LogP contribution in [0, 0.1) is 0 Å². The molecule has 0 aromatic heterocycles. The maximum Gasteiger partial charge on any atom is 0.274 e. The van der Waals surface area contributed by atoms with E-state index in [4.69, 9.17) is 23.4 Å². The SMILES string of the molecule is C=C1C(=O)N(c2cc(OC)c(OC)c(OC)c2)[C@H]1c1ccc(OC)c(C(C)(C)C)c1O[Si](C)C. The summed E-state index contributed by atoms with van der Waals surface area (Å²) in [4.78, 5) is 14.8. The molecule has 7 nitrogen and oxygen atoms in total. The number of anilines is 1. The van der Waals surface area contributed by atoms with Crippen molar-refractivity contribution in [2.45, 2.75) is 45.3 Å². The summed E-state index contributed by atoms with van der Waals surface area (Å²) in [6, 6.07) is 7.02. The minimum Gasteiger partial charge on any atom is -0.542 e. The van der Waals surface area contributed by atoms with Crippen molar-refractivity contribution in [2.75, 3.05) is 33.3 Å². The van der Waals surface area contributed by atoms with Crippen molar-refractivity contribution in [3.63, 3.8) is 0 Å². The van der Waals surface area contributed by atoms with Crippen molar-refractivity contribution >= 4 is 20.6 Å². The molecule has 2 aromatic rings. The zero-order chi connectivity index (χ0) is 25.4. The van der Waals surface area contributed by atoms with Gasteiger partial charge >= 0.3 is 0 Å². The summed E-state index contributed by atoms with van der Waals surface area (Å²) in [7, 11) is 5.18. The van der Waals surface area contributed by atoms with Crippen molar-refractivity contribution < 1.29 is 28.2 Å². The highest BCUT2D eigenvalue weighted by atomic mass is 28.3. The Hall–Kier alpha value is -3.13. The molecule has 34 heavy (non-hydrogen) atoms. The number of methoxy groups -OCH3 is 4. The second kappa shape index (κ2) is 9.62. The molecule has 8 heteroatoms. The van der Waals surface area contributed by atoms with E-state index in [1.165, 1.54) is 0 Å². The van der Waals surface area contributed by atoms with Crippen LogP contribution in [0.5, 0.6) is 28.7 Å². The van der Waals surface area contributed by atoms with Crippen LogP contribution in [-0.2, 0) is 10.2 Å². The molecule has 1 amide bonds. The second-order valence-corrected chi connectivity index (χ2v) is 11.3. The van der Waals surface area contributed by atoms with E-state index in [0.29, 0.717) is 28.5 Å². The minimum atomic E-state index is -1.12. The number of hydrogen-bond acceptors (Lipinski definition) is 6. The lowest BCUT2D eigenvalue weighted by atomic mass is 9.80. The Bertz CT molecular complexity index is 1080. The molecule has 1 atom stereocenters. The summed E-state index contributed by atoms with van der Waals surface area (Å²) in [6.07, 6.45) is 0. The zero-order valence-electron chi connectivity index (χ0n) is 21.5. The van der Waals surface area contributed by atoms with Crippen LogP contribution in [0.3, 0.4) is 0 Å². The molecule has 1 aliphatic heterocycles. The first-order valence-electron chi connectivity index (χ1n) is 11.0. The molecule has 1 radical (unpaired) electrons. The highest BCUT2D eigenvalue weighted by molar-refractivity contribution is 6.49. The molecular formula is C26H34NO6Si. The monoisotopic (exact) mass is 484 g/mol. The van der Waals surface area contributed by atoms with E-state index in [1.807, 2.05) is 12.1 Å². The van der Waals surface area contributed by atoms with Gasteiger partial charge in [0.15, 0.2) is 11.5 Å². The maximum atomic E-state index is 13.1. The molecule has 0 aliphatic carbocycles. The third-order valence-electron chi connectivity index (χ3n) is 5.73. The van der Waals surface area contributed by atoms with Gasteiger partial charge in [-0.3, -0.25) is 9.69 Å². The van der Waals surface area contributed by atoms with E-state index in [2.05, 4.69) is 40.4 Å². The number of rotatable bonds is 8. The summed E-state index contributed by atoms with van der Waals surface area (Å²) in [6.45, 7) is 14.6. The van der Waals surface area contributed by atoms with Crippen molar-refractivity contribution in [1.29, 1.82) is 0 Å². The first kappa shape index (κ1) is 25.5. The van der Waals surface area contributed by atoms with Gasteiger partial charge in [0.25, 0.3) is 14.9 Å². The van der Waals surface area contributed by atoms with E-state index in [-0.39, 0.29) is 11.3 Å². The van der Waals surface area contributed by atoms with Crippen LogP contribution in [-0.4, -0.2) is 43.4 Å². The predicted octanol–water partition coefficient (Wildman–Crippen LogP) is 5.29. The Labute approximate surface area is 203 Å². The van der Waals surface area contributed by atoms with Crippen LogP contribution in [0.2, 0.25) is 13.1 Å². The number of carbonyl (C=O) groups excluding carboxylic acids is 1. The Morgan fingerprint density at radius 1 is 0.882 bits per heavy atom. The van der Waals surface area contributed by atoms with Gasteiger partial charge in [0.2, 0.25) is 5.75 Å². The van der Waals surface area contributed by atoms with Gasteiger partial charge in [0.05, 0.1) is 40.2 Å². The highest BCUT2D eigenvalue weighted by Crippen LogP contribution is 2.52. The molecular weight excluding hydrogens is 450 g/mol. The summed E-state index contributed by atoms with van der Waals surface area (Å²) in [5.41, 5.74) is 2.70. The van der Waals surface area contributed by atoms with Crippen molar-refractivity contribution in [2.24, 2.45) is 0 Å². The first-order valence-corrected chi connectivity index (χ1v) is 13.4. The van der Waals surface area contributed by atoms with Gasteiger partial charge in [0.1, 0.15) is 11.5 Å². The van der Waals surface area contributed by atoms with Crippen LogP contribution in [0.15, 0.2) is 36.4 Å². The Morgan fingerprint density at radius 3 is 1.88 bits per heavy atom. The molecule has 183 valence electrons. The number of carbonyl (C=O) groups is 1. The average molecular weight is 485 g/mol. The molecule has 0 spiro atoms. The number of amides is 1. The molecule has 0 saturated carbocycles. The summed E-state index contributed by atoms with van der Waals surface area (Å²) in [5, 5.41) is 0. The topological polar surface area (TPSA) is 66.5 Å². The Kier molecular flexibility index (Phi) is 7.21. The third-order valence-corrected chi connectivity index (χ3v) is 6.34. The lowest BCUT2D eigenvalue weighted by Crippen LogP contribution is -2.49. The second-order valence-electron chi connectivity index (χ2n) is 9.31. The maximum absolute atomic E-state index is 13.1. The van der Waals surface area contributed by atoms with E-state index in [1.54, 1.807) is 45.5 Å². The zero-order valence-corrected chi connectivity index (χ0v) is 22.5. The fourth-order valence-electron chi connectivity index (χ4n) is 4.27. The van der Waals surface area contributed by atoms with Gasteiger partial charge in [-0.15, -0.1) is 0 Å². The fourth-order valence-corrected chi connectivity index (χ4v) is 4.90. The van der Waals surface area contributed by atoms with Crippen LogP contribution < -0.4 is 28.3 Å². The van der Waals surface area contributed by atoms with Crippen molar-refractivity contribution in [3.8, 4) is 28.7 Å². The summed E-state index contributed by atoms with van der Waals surface area (Å²) < 4.78 is 28.6. The molecule has 1 heterocycles. The number of ether oxygens (including phenoxy) is 4. The smallest absolute Gasteiger partial charge is 0.274 e. The summed E-state index contributed by atoms with van der Waals surface area (Å²) >= 11 is 0. The molecule has 0 unspecified atom stereocenters. The van der Waals surface area contributed by atoms with Crippen LogP contribution >= 0.6 is 0 Å². The van der Waals surface area contributed by atoms with E-state index in [9.17, 15) is 4.79 Å². The van der Waals surface area contributed by atoms with Crippen LogP contribution in [0.4, 0.5) is 5.69 Å².